The lowest BCUT2D eigenvalue weighted by atomic mass is 9.99. The monoisotopic (exact) mass is 276 g/mol. The van der Waals surface area contributed by atoms with Crippen LogP contribution in [0.4, 0.5) is 0 Å². The molecule has 0 radical (unpaired) electrons. The van der Waals surface area contributed by atoms with E-state index < -0.39 is 6.04 Å². The fourth-order valence-corrected chi connectivity index (χ4v) is 2.00. The predicted octanol–water partition coefficient (Wildman–Crippen LogP) is 2.81. The smallest absolute Gasteiger partial charge is 0.327 e. The molecule has 108 valence electrons. The van der Waals surface area contributed by atoms with E-state index in [1.54, 1.807) is 6.92 Å². The number of esters is 1. The molecule has 0 amide bonds. The number of azide groups is 1. The molecule has 6 heteroatoms. The summed E-state index contributed by atoms with van der Waals surface area (Å²) in [7, 11) is 0. The molecule has 20 heavy (non-hydrogen) atoms. The molecular weight excluding hydrogens is 256 g/mol. The molecule has 1 N–H and O–H groups in total. The molecule has 6 nitrogen and oxygen atoms in total. The number of nitrogens with one attached hydrogen (secondary N) is 1. The highest BCUT2D eigenvalue weighted by Crippen LogP contribution is 2.20. The van der Waals surface area contributed by atoms with Gasteiger partial charge in [-0.15, -0.1) is 0 Å². The molecule has 0 heterocycles. The molecule has 0 aliphatic heterocycles. The first-order valence-corrected chi connectivity index (χ1v) is 6.58. The molecule has 1 atom stereocenters. The van der Waals surface area contributed by atoms with Crippen LogP contribution >= 0.6 is 0 Å². The number of hydrogen-bond acceptors (Lipinski definition) is 4. The summed E-state index contributed by atoms with van der Waals surface area (Å²) in [6, 6.07) is 5.37. The number of aryl methyl sites for hydroxylation is 2. The second-order valence-corrected chi connectivity index (χ2v) is 4.45. The van der Waals surface area contributed by atoms with E-state index in [1.807, 2.05) is 32.0 Å². The van der Waals surface area contributed by atoms with Gasteiger partial charge in [0.1, 0.15) is 6.04 Å². The third kappa shape index (κ3) is 4.57. The van der Waals surface area contributed by atoms with Gasteiger partial charge in [0.05, 0.1) is 6.61 Å². The molecule has 0 spiro atoms. The Hall–Kier alpha value is -2.04. The molecule has 1 aromatic carbocycles. The van der Waals surface area contributed by atoms with Crippen LogP contribution in [0.3, 0.4) is 0 Å². The van der Waals surface area contributed by atoms with E-state index in [9.17, 15) is 4.79 Å². The van der Waals surface area contributed by atoms with Crippen molar-refractivity contribution < 1.29 is 9.53 Å². The summed E-state index contributed by atoms with van der Waals surface area (Å²) in [5.74, 6) is -0.319. The molecule has 0 aliphatic rings. The van der Waals surface area contributed by atoms with E-state index in [1.165, 1.54) is 0 Å². The van der Waals surface area contributed by atoms with Crippen molar-refractivity contribution >= 4 is 5.97 Å². The van der Waals surface area contributed by atoms with Gasteiger partial charge < -0.3 is 10.1 Å². The second-order valence-electron chi connectivity index (χ2n) is 4.45. The average Bonchev–Trinajstić information content (AvgIpc) is 2.40. The highest BCUT2D eigenvalue weighted by atomic mass is 16.5. The molecule has 1 rings (SSSR count). The maximum Gasteiger partial charge on any atom is 0.327 e. The molecule has 0 saturated carbocycles. The fourth-order valence-electron chi connectivity index (χ4n) is 2.00. The van der Waals surface area contributed by atoms with Crippen molar-refractivity contribution in [3.8, 4) is 0 Å². The third-order valence-corrected chi connectivity index (χ3v) is 2.88. The highest BCUT2D eigenvalue weighted by molar-refractivity contribution is 5.78. The first-order valence-electron chi connectivity index (χ1n) is 6.58. The molecule has 0 aliphatic carbocycles. The Kier molecular flexibility index (Phi) is 6.56. The van der Waals surface area contributed by atoms with E-state index in [4.69, 9.17) is 10.3 Å². The van der Waals surface area contributed by atoms with Gasteiger partial charge in [-0.1, -0.05) is 28.9 Å². The van der Waals surface area contributed by atoms with Gasteiger partial charge in [-0.3, -0.25) is 0 Å². The zero-order chi connectivity index (χ0) is 15.0. The van der Waals surface area contributed by atoms with Gasteiger partial charge in [-0.25, -0.2) is 4.79 Å². The van der Waals surface area contributed by atoms with Crippen LogP contribution in [-0.4, -0.2) is 25.7 Å². The number of hydrogen-bond donors (Lipinski definition) is 1. The minimum Gasteiger partial charge on any atom is -0.465 e. The number of benzene rings is 1. The van der Waals surface area contributed by atoms with Crippen LogP contribution in [0, 0.1) is 13.8 Å². The van der Waals surface area contributed by atoms with Crippen molar-refractivity contribution in [2.75, 3.05) is 19.7 Å². The minimum atomic E-state index is -0.538. The maximum atomic E-state index is 12.1. The lowest BCUT2D eigenvalue weighted by Gasteiger charge is -2.19. The van der Waals surface area contributed by atoms with E-state index >= 15 is 0 Å². The molecular formula is C14H20N4O2. The average molecular weight is 276 g/mol. The van der Waals surface area contributed by atoms with Crippen molar-refractivity contribution in [1.82, 2.24) is 5.32 Å². The van der Waals surface area contributed by atoms with Gasteiger partial charge in [0.15, 0.2) is 0 Å². The Bertz CT molecular complexity index is 510. The number of ether oxygens (including phenoxy) is 1. The lowest BCUT2D eigenvalue weighted by Crippen LogP contribution is -2.32. The van der Waals surface area contributed by atoms with Crippen LogP contribution in [-0.2, 0) is 9.53 Å². The van der Waals surface area contributed by atoms with Crippen LogP contribution in [0.1, 0.15) is 29.7 Å². The zero-order valence-electron chi connectivity index (χ0n) is 12.1. The summed E-state index contributed by atoms with van der Waals surface area (Å²) in [6.45, 7) is 6.78. The lowest BCUT2D eigenvalue weighted by molar-refractivity contribution is -0.145. The van der Waals surface area contributed by atoms with E-state index in [0.29, 0.717) is 13.2 Å². The van der Waals surface area contributed by atoms with Crippen LogP contribution in [0.15, 0.2) is 23.3 Å². The van der Waals surface area contributed by atoms with Crippen LogP contribution in [0.2, 0.25) is 0 Å². The number of carbonyl (C=O) groups is 1. The van der Waals surface area contributed by atoms with Crippen LogP contribution in [0.5, 0.6) is 0 Å². The molecule has 0 bridgehead atoms. The summed E-state index contributed by atoms with van der Waals surface area (Å²) in [4.78, 5) is 14.7. The summed E-state index contributed by atoms with van der Waals surface area (Å²) in [5.41, 5.74) is 11.3. The van der Waals surface area contributed by atoms with Gasteiger partial charge in [-0.2, -0.15) is 0 Å². The van der Waals surface area contributed by atoms with E-state index in [2.05, 4.69) is 15.3 Å². The second kappa shape index (κ2) is 8.19. The molecule has 0 fully saturated rings. The maximum absolute atomic E-state index is 12.1. The Morgan fingerprint density at radius 3 is 2.85 bits per heavy atom. The number of nitrogens with zero attached hydrogens (tertiary/aromatic N) is 3. The first kappa shape index (κ1) is 16.0. The minimum absolute atomic E-state index is 0.289. The standard InChI is InChI=1S/C14H20N4O2/c1-4-20-14(19)13(16-7-8-17-18-15)12-6-5-10(2)9-11(12)3/h5-6,9,13,16H,4,7-8H2,1-3H3. The van der Waals surface area contributed by atoms with E-state index in [0.717, 1.165) is 16.7 Å². The number of rotatable bonds is 7. The Morgan fingerprint density at radius 2 is 2.25 bits per heavy atom. The zero-order valence-corrected chi connectivity index (χ0v) is 12.1. The van der Waals surface area contributed by atoms with E-state index in [-0.39, 0.29) is 12.5 Å². The fraction of sp³-hybridized carbons (Fsp3) is 0.500. The number of carbonyl (C=O) groups excluding carboxylic acids is 1. The van der Waals surface area contributed by atoms with Crippen molar-refractivity contribution in [3.63, 3.8) is 0 Å². The molecule has 0 saturated heterocycles. The van der Waals surface area contributed by atoms with Gasteiger partial charge >= 0.3 is 5.97 Å². The van der Waals surface area contributed by atoms with Gasteiger partial charge in [0, 0.05) is 18.0 Å². The van der Waals surface area contributed by atoms with Crippen LogP contribution in [0.25, 0.3) is 10.4 Å². The Morgan fingerprint density at radius 1 is 1.50 bits per heavy atom. The quantitative estimate of drug-likeness (QED) is 0.273. The van der Waals surface area contributed by atoms with Gasteiger partial charge in [0.25, 0.3) is 0 Å². The van der Waals surface area contributed by atoms with Crippen molar-refractivity contribution in [2.24, 2.45) is 5.11 Å². The molecule has 1 unspecified atom stereocenters. The van der Waals surface area contributed by atoms with Crippen molar-refractivity contribution in [1.29, 1.82) is 0 Å². The largest absolute Gasteiger partial charge is 0.465 e. The van der Waals surface area contributed by atoms with Crippen molar-refractivity contribution in [3.05, 3.63) is 45.3 Å². The normalized spacial score (nSPS) is 11.6. The SMILES string of the molecule is CCOC(=O)C(NCCN=[N+]=[N-])c1ccc(C)cc1C. The first-order chi connectivity index (χ1) is 9.60. The summed E-state index contributed by atoms with van der Waals surface area (Å²) in [5, 5.41) is 6.52. The van der Waals surface area contributed by atoms with Crippen molar-refractivity contribution in [2.45, 2.75) is 26.8 Å². The van der Waals surface area contributed by atoms with Crippen LogP contribution < -0.4 is 5.32 Å². The summed E-state index contributed by atoms with van der Waals surface area (Å²) >= 11 is 0. The van der Waals surface area contributed by atoms with Gasteiger partial charge in [0.2, 0.25) is 0 Å². The topological polar surface area (TPSA) is 87.1 Å². The summed E-state index contributed by atoms with van der Waals surface area (Å²) < 4.78 is 5.10. The highest BCUT2D eigenvalue weighted by Gasteiger charge is 2.22. The Balaban J connectivity index is 2.90. The van der Waals surface area contributed by atoms with Gasteiger partial charge in [-0.05, 0) is 37.4 Å². The predicted molar refractivity (Wildman–Crippen MR) is 77.3 cm³/mol. The molecule has 1 aromatic rings. The Labute approximate surface area is 118 Å². The third-order valence-electron chi connectivity index (χ3n) is 2.88. The molecule has 0 aromatic heterocycles. The summed E-state index contributed by atoms with van der Waals surface area (Å²) in [6.07, 6.45) is 0.